The monoisotopic (exact) mass is 275 g/mol. The zero-order valence-corrected chi connectivity index (χ0v) is 9.03. The van der Waals surface area contributed by atoms with Gasteiger partial charge in [0.1, 0.15) is 0 Å². The highest BCUT2D eigenvalue weighted by molar-refractivity contribution is 6.17. The lowest BCUT2D eigenvalue weighted by Crippen LogP contribution is -2.41. The molecule has 1 rings (SSSR count). The van der Waals surface area contributed by atoms with E-state index in [4.69, 9.17) is 11.6 Å². The van der Waals surface area contributed by atoms with E-state index in [9.17, 15) is 22.0 Å². The molecule has 0 aliphatic heterocycles. The van der Waals surface area contributed by atoms with Crippen LogP contribution in [0.1, 0.15) is 5.56 Å². The molecule has 0 amide bonds. The molecule has 8 heteroatoms. The molecular weight excluding hydrogens is 269 g/mol. The van der Waals surface area contributed by atoms with E-state index in [0.717, 1.165) is 0 Å². The number of nitrogens with zero attached hydrogens (tertiary/aromatic N) is 1. The maximum atomic E-state index is 12.5. The van der Waals surface area contributed by atoms with Crippen LogP contribution in [-0.4, -0.2) is 23.7 Å². The molecule has 0 saturated carbocycles. The quantitative estimate of drug-likeness (QED) is 0.621. The Bertz CT molecular complexity index is 365. The molecular formula is C9H7ClF5NO. The summed E-state index contributed by atoms with van der Waals surface area (Å²) in [6.45, 7) is -1.80. The highest BCUT2D eigenvalue weighted by Gasteiger charge is 2.58. The minimum Gasteiger partial charge on any atom is -0.471 e. The van der Waals surface area contributed by atoms with Crippen LogP contribution in [0.25, 0.3) is 0 Å². The molecule has 0 spiro atoms. The van der Waals surface area contributed by atoms with Crippen molar-refractivity contribution in [2.45, 2.75) is 18.0 Å². The molecule has 1 aromatic heterocycles. The summed E-state index contributed by atoms with van der Waals surface area (Å²) in [5.74, 6) is -5.06. The van der Waals surface area contributed by atoms with E-state index in [1.165, 1.54) is 18.3 Å². The minimum atomic E-state index is -5.64. The van der Waals surface area contributed by atoms with Crippen molar-refractivity contribution in [1.29, 1.82) is 0 Å². The largest absolute Gasteiger partial charge is 0.471 e. The molecule has 2 nitrogen and oxygen atoms in total. The van der Waals surface area contributed by atoms with Gasteiger partial charge in [0.25, 0.3) is 0 Å². The SMILES string of the molecule is FC(F)(F)C(F)(F)COc1ccc(CCl)cn1. The second kappa shape index (κ2) is 5.03. The number of halogens is 6. The van der Waals surface area contributed by atoms with Crippen molar-refractivity contribution in [2.24, 2.45) is 0 Å². The van der Waals surface area contributed by atoms with Gasteiger partial charge >= 0.3 is 12.1 Å². The van der Waals surface area contributed by atoms with Crippen LogP contribution < -0.4 is 4.74 Å². The van der Waals surface area contributed by atoms with Crippen LogP contribution >= 0.6 is 11.6 Å². The molecule has 0 bridgehead atoms. The summed E-state index contributed by atoms with van der Waals surface area (Å²) >= 11 is 5.44. The van der Waals surface area contributed by atoms with E-state index in [1.807, 2.05) is 0 Å². The van der Waals surface area contributed by atoms with E-state index in [-0.39, 0.29) is 11.8 Å². The lowest BCUT2D eigenvalue weighted by Gasteiger charge is -2.19. The van der Waals surface area contributed by atoms with E-state index < -0.39 is 18.7 Å². The lowest BCUT2D eigenvalue weighted by molar-refractivity contribution is -0.290. The average molecular weight is 276 g/mol. The third-order valence-corrected chi connectivity index (χ3v) is 2.08. The van der Waals surface area contributed by atoms with Crippen molar-refractivity contribution in [3.8, 4) is 5.88 Å². The minimum absolute atomic E-state index is 0.159. The first-order valence-electron chi connectivity index (χ1n) is 4.34. The fourth-order valence-corrected chi connectivity index (χ4v) is 0.980. The molecule has 0 radical (unpaired) electrons. The molecule has 0 aliphatic rings. The molecule has 0 atom stereocenters. The van der Waals surface area contributed by atoms with Gasteiger partial charge < -0.3 is 4.74 Å². The Labute approximate surface area is 98.4 Å². The summed E-state index contributed by atoms with van der Waals surface area (Å²) in [6, 6.07) is 2.59. The van der Waals surface area contributed by atoms with E-state index in [2.05, 4.69) is 9.72 Å². The van der Waals surface area contributed by atoms with E-state index in [1.54, 1.807) is 0 Å². The van der Waals surface area contributed by atoms with Gasteiger partial charge in [-0.2, -0.15) is 22.0 Å². The predicted molar refractivity (Wildman–Crippen MR) is 50.3 cm³/mol. The number of pyridine rings is 1. The fraction of sp³-hybridized carbons (Fsp3) is 0.444. The van der Waals surface area contributed by atoms with E-state index in [0.29, 0.717) is 5.56 Å². The molecule has 0 unspecified atom stereocenters. The van der Waals surface area contributed by atoms with Crippen LogP contribution in [0.4, 0.5) is 22.0 Å². The van der Waals surface area contributed by atoms with Gasteiger partial charge in [-0.1, -0.05) is 6.07 Å². The Hall–Kier alpha value is -1.11. The first-order valence-corrected chi connectivity index (χ1v) is 4.88. The Morgan fingerprint density at radius 1 is 1.18 bits per heavy atom. The number of aromatic nitrogens is 1. The summed E-state index contributed by atoms with van der Waals surface area (Å²) in [7, 11) is 0. The first kappa shape index (κ1) is 14.0. The molecule has 96 valence electrons. The topological polar surface area (TPSA) is 22.1 Å². The van der Waals surface area contributed by atoms with Crippen molar-refractivity contribution in [2.75, 3.05) is 6.61 Å². The maximum Gasteiger partial charge on any atom is 0.456 e. The Balaban J connectivity index is 2.61. The smallest absolute Gasteiger partial charge is 0.456 e. The lowest BCUT2D eigenvalue weighted by atomic mass is 10.3. The van der Waals surface area contributed by atoms with Gasteiger partial charge in [0.2, 0.25) is 5.88 Å². The fourth-order valence-electron chi connectivity index (χ4n) is 0.822. The van der Waals surface area contributed by atoms with Gasteiger partial charge in [-0.3, -0.25) is 0 Å². The number of alkyl halides is 6. The van der Waals surface area contributed by atoms with Crippen molar-refractivity contribution < 1.29 is 26.7 Å². The summed E-state index contributed by atoms with van der Waals surface area (Å²) in [5.41, 5.74) is 0.599. The zero-order valence-electron chi connectivity index (χ0n) is 8.27. The number of rotatable bonds is 4. The maximum absolute atomic E-state index is 12.5. The molecule has 0 aromatic carbocycles. The highest BCUT2D eigenvalue weighted by atomic mass is 35.5. The standard InChI is InChI=1S/C9H7ClF5NO/c10-3-6-1-2-7(16-4-6)17-5-8(11,12)9(13,14)15/h1-2,4H,3,5H2. The second-order valence-corrected chi connectivity index (χ2v) is 3.40. The average Bonchev–Trinajstić information content (AvgIpc) is 2.25. The Kier molecular flexibility index (Phi) is 4.13. The van der Waals surface area contributed by atoms with E-state index >= 15 is 0 Å². The molecule has 0 fully saturated rings. The van der Waals surface area contributed by atoms with Crippen LogP contribution in [0.3, 0.4) is 0 Å². The molecule has 17 heavy (non-hydrogen) atoms. The molecule has 0 saturated heterocycles. The molecule has 0 N–H and O–H groups in total. The van der Waals surface area contributed by atoms with Gasteiger partial charge in [-0.25, -0.2) is 4.98 Å². The summed E-state index contributed by atoms with van der Waals surface area (Å²) < 4.78 is 64.6. The van der Waals surface area contributed by atoms with Gasteiger partial charge in [0.05, 0.1) is 0 Å². The second-order valence-electron chi connectivity index (χ2n) is 3.13. The van der Waals surface area contributed by atoms with Gasteiger partial charge in [0, 0.05) is 18.1 Å². The van der Waals surface area contributed by atoms with Crippen LogP contribution in [0.5, 0.6) is 5.88 Å². The van der Waals surface area contributed by atoms with Crippen molar-refractivity contribution >= 4 is 11.6 Å². The Morgan fingerprint density at radius 2 is 1.82 bits per heavy atom. The van der Waals surface area contributed by atoms with Crippen LogP contribution in [0.15, 0.2) is 18.3 Å². The van der Waals surface area contributed by atoms with Crippen molar-refractivity contribution in [3.63, 3.8) is 0 Å². The molecule has 1 heterocycles. The van der Waals surface area contributed by atoms with Crippen molar-refractivity contribution in [1.82, 2.24) is 4.98 Å². The molecule has 0 aliphatic carbocycles. The zero-order chi connectivity index (χ0) is 13.1. The third-order valence-electron chi connectivity index (χ3n) is 1.77. The number of hydrogen-bond donors (Lipinski definition) is 0. The Morgan fingerprint density at radius 3 is 2.24 bits per heavy atom. The summed E-state index contributed by atoms with van der Waals surface area (Å²) in [4.78, 5) is 3.53. The van der Waals surface area contributed by atoms with Gasteiger partial charge in [0.15, 0.2) is 6.61 Å². The normalized spacial score (nSPS) is 12.6. The van der Waals surface area contributed by atoms with Gasteiger partial charge in [-0.05, 0) is 5.56 Å². The highest BCUT2D eigenvalue weighted by Crippen LogP contribution is 2.35. The number of hydrogen-bond acceptors (Lipinski definition) is 2. The third kappa shape index (κ3) is 3.69. The van der Waals surface area contributed by atoms with Crippen LogP contribution in [-0.2, 0) is 5.88 Å². The first-order chi connectivity index (χ1) is 7.76. The molecule has 1 aromatic rings. The summed E-state index contributed by atoms with van der Waals surface area (Å²) in [5, 5.41) is 0. The van der Waals surface area contributed by atoms with Crippen LogP contribution in [0.2, 0.25) is 0 Å². The van der Waals surface area contributed by atoms with Gasteiger partial charge in [-0.15, -0.1) is 11.6 Å². The number of ether oxygens (including phenoxy) is 1. The van der Waals surface area contributed by atoms with Crippen LogP contribution in [0, 0.1) is 0 Å². The predicted octanol–water partition coefficient (Wildman–Crippen LogP) is 3.40. The summed E-state index contributed by atoms with van der Waals surface area (Å²) in [6.07, 6.45) is -4.41. The van der Waals surface area contributed by atoms with Crippen molar-refractivity contribution in [3.05, 3.63) is 23.9 Å².